The molecule has 142 valence electrons. The van der Waals surface area contributed by atoms with E-state index in [2.05, 4.69) is 5.10 Å². The Bertz CT molecular complexity index is 859. The fourth-order valence-electron chi connectivity index (χ4n) is 2.96. The zero-order valence-electron chi connectivity index (χ0n) is 15.0. The maximum Gasteiger partial charge on any atom is 0.303 e. The standard InChI is InChI=1S/C19H20N2O6/c1-25-16-6-5-12(10-17(16)26-2)13-11-14(15-4-3-9-27-15)21(20-13)18(22)7-8-19(23)24/h3-6,9-10,14H,7-8,11H2,1-2H3,(H,23,24). The van der Waals surface area contributed by atoms with Gasteiger partial charge in [-0.1, -0.05) is 0 Å². The first-order chi connectivity index (χ1) is 13.0. The Morgan fingerprint density at radius 1 is 1.22 bits per heavy atom. The number of benzene rings is 1. The van der Waals surface area contributed by atoms with Crippen LogP contribution in [0.25, 0.3) is 0 Å². The van der Waals surface area contributed by atoms with Gasteiger partial charge < -0.3 is 19.0 Å². The third-order valence-electron chi connectivity index (χ3n) is 4.31. The Labute approximate surface area is 156 Å². The van der Waals surface area contributed by atoms with Gasteiger partial charge in [0.15, 0.2) is 11.5 Å². The van der Waals surface area contributed by atoms with Crippen LogP contribution < -0.4 is 9.47 Å². The number of ether oxygens (including phenoxy) is 2. The second-order valence-electron chi connectivity index (χ2n) is 5.98. The van der Waals surface area contributed by atoms with Crippen LogP contribution in [0.2, 0.25) is 0 Å². The van der Waals surface area contributed by atoms with Crippen molar-refractivity contribution >= 4 is 17.6 Å². The average molecular weight is 372 g/mol. The van der Waals surface area contributed by atoms with Crippen molar-refractivity contribution < 1.29 is 28.6 Å². The Kier molecular flexibility index (Phi) is 5.44. The summed E-state index contributed by atoms with van der Waals surface area (Å²) in [6.07, 6.45) is 1.60. The highest BCUT2D eigenvalue weighted by atomic mass is 16.5. The summed E-state index contributed by atoms with van der Waals surface area (Å²) in [6.45, 7) is 0. The van der Waals surface area contributed by atoms with E-state index < -0.39 is 12.0 Å². The first-order valence-corrected chi connectivity index (χ1v) is 8.40. The molecule has 1 aromatic carbocycles. The number of rotatable bonds is 7. The molecule has 0 aliphatic carbocycles. The summed E-state index contributed by atoms with van der Waals surface area (Å²) in [5.41, 5.74) is 1.47. The van der Waals surface area contributed by atoms with E-state index in [9.17, 15) is 9.59 Å². The second kappa shape index (κ2) is 7.94. The number of carbonyl (C=O) groups excluding carboxylic acids is 1. The molecule has 0 bridgehead atoms. The van der Waals surface area contributed by atoms with Crippen molar-refractivity contribution in [1.29, 1.82) is 0 Å². The van der Waals surface area contributed by atoms with Crippen LogP contribution in [0.1, 0.15) is 36.6 Å². The third kappa shape index (κ3) is 3.94. The van der Waals surface area contributed by atoms with E-state index in [1.54, 1.807) is 38.5 Å². The topological polar surface area (TPSA) is 102 Å². The summed E-state index contributed by atoms with van der Waals surface area (Å²) in [7, 11) is 3.10. The molecule has 0 spiro atoms. The molecule has 1 aliphatic rings. The highest BCUT2D eigenvalue weighted by molar-refractivity contribution is 6.03. The molecule has 0 radical (unpaired) electrons. The highest BCUT2D eigenvalue weighted by Crippen LogP contribution is 2.35. The summed E-state index contributed by atoms with van der Waals surface area (Å²) in [5, 5.41) is 14.6. The SMILES string of the molecule is COc1ccc(C2=NN(C(=O)CCC(=O)O)C(c3ccco3)C2)cc1OC. The quantitative estimate of drug-likeness (QED) is 0.802. The van der Waals surface area contributed by atoms with E-state index in [4.69, 9.17) is 19.0 Å². The van der Waals surface area contributed by atoms with Crippen molar-refractivity contribution in [2.24, 2.45) is 5.10 Å². The van der Waals surface area contributed by atoms with E-state index in [1.807, 2.05) is 6.07 Å². The number of methoxy groups -OCH3 is 2. The maximum absolute atomic E-state index is 12.5. The van der Waals surface area contributed by atoms with Crippen LogP contribution in [0.3, 0.4) is 0 Å². The molecule has 1 atom stereocenters. The van der Waals surface area contributed by atoms with Gasteiger partial charge in [0.1, 0.15) is 11.8 Å². The molecule has 8 nitrogen and oxygen atoms in total. The van der Waals surface area contributed by atoms with E-state index in [-0.39, 0.29) is 18.7 Å². The van der Waals surface area contributed by atoms with Crippen LogP contribution in [0.4, 0.5) is 0 Å². The number of hydrogen-bond donors (Lipinski definition) is 1. The Hall–Kier alpha value is -3.29. The average Bonchev–Trinajstić information content (AvgIpc) is 3.34. The van der Waals surface area contributed by atoms with Crippen molar-refractivity contribution in [2.75, 3.05) is 14.2 Å². The molecule has 8 heteroatoms. The zero-order valence-corrected chi connectivity index (χ0v) is 15.0. The number of hydrogen-bond acceptors (Lipinski definition) is 6. The Morgan fingerprint density at radius 2 is 2.00 bits per heavy atom. The molecule has 2 heterocycles. The minimum atomic E-state index is -1.03. The Morgan fingerprint density at radius 3 is 2.63 bits per heavy atom. The monoisotopic (exact) mass is 372 g/mol. The van der Waals surface area contributed by atoms with Crippen molar-refractivity contribution in [3.05, 3.63) is 47.9 Å². The van der Waals surface area contributed by atoms with E-state index in [0.29, 0.717) is 29.4 Å². The van der Waals surface area contributed by atoms with Gasteiger partial charge in [0.25, 0.3) is 0 Å². The smallest absolute Gasteiger partial charge is 0.303 e. The number of hydrazone groups is 1. The van der Waals surface area contributed by atoms with Crippen LogP contribution in [-0.2, 0) is 9.59 Å². The number of carboxylic acids is 1. The molecule has 0 saturated heterocycles. The number of furan rings is 1. The molecule has 2 aromatic rings. The molecule has 3 rings (SSSR count). The van der Waals surface area contributed by atoms with Gasteiger partial charge in [0, 0.05) is 18.4 Å². The van der Waals surface area contributed by atoms with Gasteiger partial charge in [-0.25, -0.2) is 5.01 Å². The predicted molar refractivity (Wildman–Crippen MR) is 95.9 cm³/mol. The van der Waals surface area contributed by atoms with Gasteiger partial charge in [-0.2, -0.15) is 5.10 Å². The fourth-order valence-corrected chi connectivity index (χ4v) is 2.96. The summed E-state index contributed by atoms with van der Waals surface area (Å²) in [6, 6.07) is 8.50. The molecule has 0 saturated carbocycles. The van der Waals surface area contributed by atoms with E-state index in [0.717, 1.165) is 5.56 Å². The van der Waals surface area contributed by atoms with Crippen molar-refractivity contribution in [1.82, 2.24) is 5.01 Å². The van der Waals surface area contributed by atoms with Gasteiger partial charge in [0.05, 0.1) is 32.6 Å². The van der Waals surface area contributed by atoms with Gasteiger partial charge in [-0.05, 0) is 30.3 Å². The first kappa shape index (κ1) is 18.5. The van der Waals surface area contributed by atoms with Gasteiger partial charge in [-0.15, -0.1) is 0 Å². The molecule has 1 aliphatic heterocycles. The number of carbonyl (C=O) groups is 2. The summed E-state index contributed by atoms with van der Waals surface area (Å²) in [5.74, 6) is 0.355. The van der Waals surface area contributed by atoms with Crippen LogP contribution in [0.5, 0.6) is 11.5 Å². The van der Waals surface area contributed by atoms with E-state index >= 15 is 0 Å². The van der Waals surface area contributed by atoms with Gasteiger partial charge >= 0.3 is 5.97 Å². The number of aliphatic carboxylic acids is 1. The fraction of sp³-hybridized carbons (Fsp3) is 0.316. The largest absolute Gasteiger partial charge is 0.493 e. The number of amides is 1. The maximum atomic E-state index is 12.5. The lowest BCUT2D eigenvalue weighted by Gasteiger charge is -2.19. The van der Waals surface area contributed by atoms with Crippen LogP contribution in [0, 0.1) is 0 Å². The lowest BCUT2D eigenvalue weighted by atomic mass is 10.0. The molecular formula is C19H20N2O6. The van der Waals surface area contributed by atoms with Crippen molar-refractivity contribution in [3.8, 4) is 11.5 Å². The minimum Gasteiger partial charge on any atom is -0.493 e. The zero-order chi connectivity index (χ0) is 19.4. The Balaban J connectivity index is 1.90. The van der Waals surface area contributed by atoms with Crippen molar-refractivity contribution in [2.45, 2.75) is 25.3 Å². The summed E-state index contributed by atoms with van der Waals surface area (Å²) >= 11 is 0. The first-order valence-electron chi connectivity index (χ1n) is 8.40. The van der Waals surface area contributed by atoms with Crippen LogP contribution in [0.15, 0.2) is 46.1 Å². The van der Waals surface area contributed by atoms with Gasteiger partial charge in [-0.3, -0.25) is 9.59 Å². The number of carboxylic acid groups (broad SMARTS) is 1. The molecular weight excluding hydrogens is 352 g/mol. The molecule has 1 unspecified atom stereocenters. The third-order valence-corrected chi connectivity index (χ3v) is 4.31. The minimum absolute atomic E-state index is 0.130. The van der Waals surface area contributed by atoms with Gasteiger partial charge in [0.2, 0.25) is 5.91 Å². The van der Waals surface area contributed by atoms with Crippen LogP contribution >= 0.6 is 0 Å². The predicted octanol–water partition coefficient (Wildman–Crippen LogP) is 2.84. The lowest BCUT2D eigenvalue weighted by Crippen LogP contribution is -2.27. The molecule has 0 fully saturated rings. The lowest BCUT2D eigenvalue weighted by molar-refractivity contribution is -0.141. The summed E-state index contributed by atoms with van der Waals surface area (Å²) < 4.78 is 16.0. The second-order valence-corrected chi connectivity index (χ2v) is 5.98. The molecule has 1 N–H and O–H groups in total. The molecule has 1 aromatic heterocycles. The highest BCUT2D eigenvalue weighted by Gasteiger charge is 2.35. The number of nitrogens with zero attached hydrogens (tertiary/aromatic N) is 2. The summed E-state index contributed by atoms with van der Waals surface area (Å²) in [4.78, 5) is 23.3. The molecule has 1 amide bonds. The van der Waals surface area contributed by atoms with E-state index in [1.165, 1.54) is 11.3 Å². The molecule has 27 heavy (non-hydrogen) atoms. The van der Waals surface area contributed by atoms with Crippen LogP contribution in [-0.4, -0.2) is 41.9 Å². The normalized spacial score (nSPS) is 16.1. The van der Waals surface area contributed by atoms with Crippen molar-refractivity contribution in [3.63, 3.8) is 0 Å².